The minimum Gasteiger partial charge on any atom is -0.493 e. The number of ketones is 3. The smallest absolute Gasteiger partial charge is 0.188 e. The summed E-state index contributed by atoms with van der Waals surface area (Å²) in [5.41, 5.74) is 1.34. The van der Waals surface area contributed by atoms with Gasteiger partial charge in [0.05, 0.1) is 20.1 Å². The largest absolute Gasteiger partial charge is 0.493 e. The summed E-state index contributed by atoms with van der Waals surface area (Å²) >= 11 is 10.8. The van der Waals surface area contributed by atoms with Crippen molar-refractivity contribution < 1.29 is 32.4 Å². The van der Waals surface area contributed by atoms with Crippen molar-refractivity contribution in [2.24, 2.45) is 0 Å². The molecule has 0 atom stereocenters. The fourth-order valence-corrected chi connectivity index (χ4v) is 3.08. The lowest BCUT2D eigenvalue weighted by Gasteiger charge is -2.09. The van der Waals surface area contributed by atoms with Crippen LogP contribution in [0.4, 0.5) is 0 Å². The lowest BCUT2D eigenvalue weighted by molar-refractivity contribution is -0.122. The molecule has 2 aromatic rings. The molecule has 0 spiro atoms. The van der Waals surface area contributed by atoms with Gasteiger partial charge >= 0.3 is 0 Å². The summed E-state index contributed by atoms with van der Waals surface area (Å²) in [6, 6.07) is 9.88. The molecule has 0 heterocycles. The first-order valence-electron chi connectivity index (χ1n) is 10.3. The first-order valence-corrected chi connectivity index (χ1v) is 10.9. The average molecular weight is 507 g/mol. The monoisotopic (exact) mass is 506 g/mol. The SMILES string of the molecule is COc1cc(/C=C/C(=O)CC(=O)/C=C/c2ccc(OCl)c(OCCCC(C)=O)c2)ccc1OCl. The molecule has 180 valence electrons. The summed E-state index contributed by atoms with van der Waals surface area (Å²) in [5.74, 6) is 0.824. The molecule has 2 aromatic carbocycles. The second-order valence-corrected chi connectivity index (χ2v) is 7.51. The van der Waals surface area contributed by atoms with Gasteiger partial charge in [0.1, 0.15) is 29.5 Å². The summed E-state index contributed by atoms with van der Waals surface area (Å²) in [5, 5.41) is 0. The minimum atomic E-state index is -0.361. The van der Waals surface area contributed by atoms with Gasteiger partial charge in [0.2, 0.25) is 0 Å². The van der Waals surface area contributed by atoms with Gasteiger partial charge < -0.3 is 22.8 Å². The van der Waals surface area contributed by atoms with Crippen LogP contribution in [0.15, 0.2) is 48.6 Å². The van der Waals surface area contributed by atoms with Crippen LogP contribution >= 0.6 is 23.7 Å². The highest BCUT2D eigenvalue weighted by atomic mass is 35.5. The number of methoxy groups -OCH3 is 1. The molecule has 0 aliphatic rings. The molecular weight excluding hydrogens is 483 g/mol. The Bertz CT molecular complexity index is 1080. The number of hydrogen-bond acceptors (Lipinski definition) is 7. The molecule has 2 rings (SSSR count). The highest BCUT2D eigenvalue weighted by Gasteiger charge is 2.09. The number of Topliss-reactive ketones (excluding diaryl/α,β-unsaturated/α-hetero) is 1. The highest BCUT2D eigenvalue weighted by molar-refractivity contribution is 6.11. The van der Waals surface area contributed by atoms with Crippen molar-refractivity contribution in [3.63, 3.8) is 0 Å². The molecule has 0 aliphatic heterocycles. The van der Waals surface area contributed by atoms with Gasteiger partial charge in [0.25, 0.3) is 0 Å². The van der Waals surface area contributed by atoms with Crippen molar-refractivity contribution in [1.29, 1.82) is 0 Å². The van der Waals surface area contributed by atoms with Crippen LogP contribution in [0.3, 0.4) is 0 Å². The van der Waals surface area contributed by atoms with E-state index in [1.807, 2.05) is 0 Å². The van der Waals surface area contributed by atoms with Crippen LogP contribution in [0.5, 0.6) is 23.0 Å². The van der Waals surface area contributed by atoms with Crippen LogP contribution in [0.2, 0.25) is 0 Å². The fourth-order valence-electron chi connectivity index (χ4n) is 2.83. The number of carbonyl (C=O) groups excluding carboxylic acids is 3. The number of benzene rings is 2. The first kappa shape index (κ1) is 27.0. The lowest BCUT2D eigenvalue weighted by atomic mass is 10.1. The van der Waals surface area contributed by atoms with Gasteiger partial charge in [-0.15, -0.1) is 0 Å². The Morgan fingerprint density at radius 3 is 1.85 bits per heavy atom. The quantitative estimate of drug-likeness (QED) is 0.182. The van der Waals surface area contributed by atoms with E-state index in [4.69, 9.17) is 37.5 Å². The molecule has 0 saturated heterocycles. The van der Waals surface area contributed by atoms with Gasteiger partial charge in [-0.2, -0.15) is 0 Å². The molecule has 0 bridgehead atoms. The molecule has 9 heteroatoms. The van der Waals surface area contributed by atoms with E-state index in [0.29, 0.717) is 53.6 Å². The third-order valence-corrected chi connectivity index (χ3v) is 4.86. The zero-order valence-electron chi connectivity index (χ0n) is 18.7. The van der Waals surface area contributed by atoms with Crippen molar-refractivity contribution in [2.75, 3.05) is 13.7 Å². The summed E-state index contributed by atoms with van der Waals surface area (Å²) in [6.07, 6.45) is 6.45. The minimum absolute atomic E-state index is 0.0792. The van der Waals surface area contributed by atoms with Gasteiger partial charge in [0.15, 0.2) is 34.6 Å². The van der Waals surface area contributed by atoms with E-state index in [9.17, 15) is 14.4 Å². The summed E-state index contributed by atoms with van der Waals surface area (Å²) in [7, 11) is 1.47. The topological polar surface area (TPSA) is 88.1 Å². The predicted molar refractivity (Wildman–Crippen MR) is 131 cm³/mol. The third kappa shape index (κ3) is 8.92. The summed E-state index contributed by atoms with van der Waals surface area (Å²) in [6.45, 7) is 1.83. The summed E-state index contributed by atoms with van der Waals surface area (Å²) < 4.78 is 20.2. The van der Waals surface area contributed by atoms with Crippen LogP contribution in [-0.4, -0.2) is 31.1 Å². The third-order valence-electron chi connectivity index (χ3n) is 4.52. The number of carbonyl (C=O) groups is 3. The van der Waals surface area contributed by atoms with Crippen LogP contribution in [-0.2, 0) is 14.4 Å². The van der Waals surface area contributed by atoms with E-state index in [0.717, 1.165) is 0 Å². The Kier molecular flexibility index (Phi) is 11.2. The maximum Gasteiger partial charge on any atom is 0.188 e. The van der Waals surface area contributed by atoms with Crippen LogP contribution in [0, 0.1) is 0 Å². The molecule has 0 N–H and O–H groups in total. The van der Waals surface area contributed by atoms with Gasteiger partial charge in [-0.05, 0) is 60.9 Å². The molecule has 7 nitrogen and oxygen atoms in total. The number of halogens is 2. The fraction of sp³-hybridized carbons (Fsp3) is 0.240. The van der Waals surface area contributed by atoms with Crippen molar-refractivity contribution in [3.05, 3.63) is 59.7 Å². The van der Waals surface area contributed by atoms with E-state index in [1.54, 1.807) is 48.6 Å². The number of rotatable bonds is 14. The highest BCUT2D eigenvalue weighted by Crippen LogP contribution is 2.30. The van der Waals surface area contributed by atoms with Gasteiger partial charge in [-0.25, -0.2) is 0 Å². The molecule has 34 heavy (non-hydrogen) atoms. The van der Waals surface area contributed by atoms with Gasteiger partial charge in [-0.1, -0.05) is 24.3 Å². The van der Waals surface area contributed by atoms with Crippen molar-refractivity contribution >= 4 is 53.2 Å². The molecular formula is C25H24Cl2O7. The number of ether oxygens (including phenoxy) is 2. The van der Waals surface area contributed by atoms with Crippen molar-refractivity contribution in [2.45, 2.75) is 26.2 Å². The Balaban J connectivity index is 1.95. The van der Waals surface area contributed by atoms with Crippen LogP contribution < -0.4 is 18.1 Å². The normalized spacial score (nSPS) is 10.9. The molecule has 0 radical (unpaired) electrons. The van der Waals surface area contributed by atoms with E-state index in [1.165, 1.54) is 26.2 Å². The second-order valence-electron chi connectivity index (χ2n) is 7.20. The molecule has 0 aromatic heterocycles. The second kappa shape index (κ2) is 14.1. The maximum absolute atomic E-state index is 12.2. The molecule has 0 fully saturated rings. The summed E-state index contributed by atoms with van der Waals surface area (Å²) in [4.78, 5) is 35.4. The van der Waals surface area contributed by atoms with E-state index < -0.39 is 0 Å². The van der Waals surface area contributed by atoms with Crippen LogP contribution in [0.25, 0.3) is 12.2 Å². The Morgan fingerprint density at radius 2 is 1.35 bits per heavy atom. The number of allylic oxidation sites excluding steroid dienone is 2. The number of hydrogen-bond donors (Lipinski definition) is 0. The molecule has 0 saturated carbocycles. The Hall–Kier alpha value is -3.29. The van der Waals surface area contributed by atoms with Gasteiger partial charge in [-0.3, -0.25) is 9.59 Å². The van der Waals surface area contributed by atoms with E-state index >= 15 is 0 Å². The Morgan fingerprint density at radius 1 is 0.824 bits per heavy atom. The van der Waals surface area contributed by atoms with Crippen molar-refractivity contribution in [3.8, 4) is 23.0 Å². The zero-order valence-corrected chi connectivity index (χ0v) is 20.2. The lowest BCUT2D eigenvalue weighted by Crippen LogP contribution is -2.02. The molecule has 0 aliphatic carbocycles. The predicted octanol–water partition coefficient (Wildman–Crippen LogP) is 5.76. The van der Waals surface area contributed by atoms with Crippen LogP contribution in [0.1, 0.15) is 37.3 Å². The van der Waals surface area contributed by atoms with E-state index in [-0.39, 0.29) is 23.8 Å². The standard InChI is InChI=1S/C25H24Cl2O7/c1-17(28)4-3-13-32-25-15-19(8-12-23(25)34-27)6-10-21(30)16-20(29)9-5-18-7-11-22(33-26)24(14-18)31-2/h5-12,14-15H,3-4,13,16H2,1-2H3/b9-5+,10-6+. The molecule has 0 unspecified atom stereocenters. The Labute approximate surface area is 208 Å². The maximum atomic E-state index is 12.2. The van der Waals surface area contributed by atoms with Crippen molar-refractivity contribution in [1.82, 2.24) is 0 Å². The average Bonchev–Trinajstić information content (AvgIpc) is 2.83. The van der Waals surface area contributed by atoms with E-state index in [2.05, 4.69) is 4.29 Å². The zero-order chi connectivity index (χ0) is 24.9. The first-order chi connectivity index (χ1) is 16.4. The molecule has 0 amide bonds. The van der Waals surface area contributed by atoms with Gasteiger partial charge in [0, 0.05) is 6.42 Å².